The molecule has 0 radical (unpaired) electrons. The molecule has 0 amide bonds. The van der Waals surface area contributed by atoms with Crippen LogP contribution in [-0.4, -0.2) is 6.04 Å². The number of nitrogens with zero attached hydrogens (tertiary/aromatic N) is 1. The lowest BCUT2D eigenvalue weighted by atomic mass is 10.1. The van der Waals surface area contributed by atoms with Crippen LogP contribution in [0.4, 0.5) is 4.39 Å². The van der Waals surface area contributed by atoms with E-state index in [2.05, 4.69) is 6.07 Å². The number of para-hydroxylation sites is 1. The minimum Gasteiger partial charge on any atom is -0.486 e. The minimum absolute atomic E-state index is 0.0731. The smallest absolute Gasteiger partial charge is 0.165 e. The molecule has 0 aliphatic rings. The van der Waals surface area contributed by atoms with Gasteiger partial charge >= 0.3 is 0 Å². The van der Waals surface area contributed by atoms with E-state index in [0.717, 1.165) is 11.1 Å². The van der Waals surface area contributed by atoms with Crippen molar-refractivity contribution in [1.82, 2.24) is 0 Å². The normalized spacial score (nSPS) is 11.7. The Morgan fingerprint density at radius 2 is 2.05 bits per heavy atom. The number of halogens is 1. The highest BCUT2D eigenvalue weighted by Crippen LogP contribution is 2.25. The molecule has 2 rings (SSSR count). The van der Waals surface area contributed by atoms with Crippen molar-refractivity contribution in [2.75, 3.05) is 0 Å². The largest absolute Gasteiger partial charge is 0.486 e. The van der Waals surface area contributed by atoms with Gasteiger partial charge in [-0.2, -0.15) is 5.26 Å². The van der Waals surface area contributed by atoms with Crippen molar-refractivity contribution >= 4 is 0 Å². The molecule has 2 N–H and O–H groups in total. The molecular formula is C17H17FN2O. The monoisotopic (exact) mass is 284 g/mol. The predicted molar refractivity (Wildman–Crippen MR) is 79.2 cm³/mol. The zero-order chi connectivity index (χ0) is 15.2. The van der Waals surface area contributed by atoms with Gasteiger partial charge in [-0.05, 0) is 42.7 Å². The fourth-order valence-electron chi connectivity index (χ4n) is 2.11. The van der Waals surface area contributed by atoms with Crippen LogP contribution >= 0.6 is 0 Å². The Hall–Kier alpha value is -2.38. The second kappa shape index (κ2) is 6.87. The Morgan fingerprint density at radius 1 is 1.29 bits per heavy atom. The molecule has 2 aromatic carbocycles. The van der Waals surface area contributed by atoms with E-state index in [0.29, 0.717) is 12.0 Å². The van der Waals surface area contributed by atoms with Gasteiger partial charge in [-0.15, -0.1) is 0 Å². The van der Waals surface area contributed by atoms with E-state index in [4.69, 9.17) is 15.7 Å². The van der Waals surface area contributed by atoms with Gasteiger partial charge in [0.1, 0.15) is 6.61 Å². The molecule has 0 saturated carbocycles. The van der Waals surface area contributed by atoms with E-state index >= 15 is 0 Å². The van der Waals surface area contributed by atoms with Crippen molar-refractivity contribution in [3.63, 3.8) is 0 Å². The molecule has 0 saturated heterocycles. The van der Waals surface area contributed by atoms with Gasteiger partial charge in [0.2, 0.25) is 0 Å². The second-order valence-electron chi connectivity index (χ2n) is 5.01. The van der Waals surface area contributed by atoms with Crippen LogP contribution in [0.5, 0.6) is 5.75 Å². The fraction of sp³-hybridized carbons (Fsp3) is 0.235. The molecule has 21 heavy (non-hydrogen) atoms. The Bertz CT molecular complexity index is 662. The van der Waals surface area contributed by atoms with Crippen molar-refractivity contribution in [1.29, 1.82) is 5.26 Å². The van der Waals surface area contributed by atoms with E-state index in [1.54, 1.807) is 24.3 Å². The van der Waals surface area contributed by atoms with Gasteiger partial charge in [0, 0.05) is 6.04 Å². The zero-order valence-corrected chi connectivity index (χ0v) is 11.8. The maximum atomic E-state index is 13.9. The Balaban J connectivity index is 2.17. The molecular weight excluding hydrogens is 267 g/mol. The van der Waals surface area contributed by atoms with Crippen LogP contribution in [0, 0.1) is 17.1 Å². The molecule has 0 aliphatic carbocycles. The number of hydrogen-bond acceptors (Lipinski definition) is 3. The van der Waals surface area contributed by atoms with Crippen molar-refractivity contribution in [3.05, 3.63) is 65.0 Å². The highest BCUT2D eigenvalue weighted by Gasteiger charge is 2.11. The molecule has 4 heteroatoms. The van der Waals surface area contributed by atoms with Crippen LogP contribution in [0.1, 0.15) is 23.6 Å². The van der Waals surface area contributed by atoms with Crippen LogP contribution in [0.25, 0.3) is 0 Å². The number of hydrogen-bond donors (Lipinski definition) is 1. The Kier molecular flexibility index (Phi) is 4.91. The number of rotatable bonds is 5. The van der Waals surface area contributed by atoms with Gasteiger partial charge in [-0.25, -0.2) is 4.39 Å². The molecule has 0 spiro atoms. The van der Waals surface area contributed by atoms with Crippen LogP contribution in [0.15, 0.2) is 42.5 Å². The van der Waals surface area contributed by atoms with E-state index in [1.807, 2.05) is 19.1 Å². The topological polar surface area (TPSA) is 59.0 Å². The summed E-state index contributed by atoms with van der Waals surface area (Å²) in [7, 11) is 0. The summed E-state index contributed by atoms with van der Waals surface area (Å²) in [4.78, 5) is 0. The van der Waals surface area contributed by atoms with Crippen LogP contribution in [0.2, 0.25) is 0 Å². The number of nitrogens with two attached hydrogens (primary N) is 1. The van der Waals surface area contributed by atoms with E-state index in [9.17, 15) is 4.39 Å². The van der Waals surface area contributed by atoms with Gasteiger partial charge in [0.25, 0.3) is 0 Å². The third-order valence-corrected chi connectivity index (χ3v) is 3.03. The molecule has 2 aromatic rings. The first-order valence-corrected chi connectivity index (χ1v) is 6.75. The summed E-state index contributed by atoms with van der Waals surface area (Å²) in [5.74, 6) is -0.165. The lowest BCUT2D eigenvalue weighted by Gasteiger charge is -2.14. The average Bonchev–Trinajstić information content (AvgIpc) is 2.46. The Labute approximate surface area is 123 Å². The zero-order valence-electron chi connectivity index (χ0n) is 11.8. The van der Waals surface area contributed by atoms with E-state index < -0.39 is 5.82 Å². The SMILES string of the molecule is CC(N)Cc1cccc(F)c1OCc1cccc(C#N)c1. The third-order valence-electron chi connectivity index (χ3n) is 3.03. The maximum absolute atomic E-state index is 13.9. The summed E-state index contributed by atoms with van der Waals surface area (Å²) < 4.78 is 19.5. The van der Waals surface area contributed by atoms with Gasteiger partial charge in [-0.1, -0.05) is 24.3 Å². The first-order chi connectivity index (χ1) is 10.1. The summed E-state index contributed by atoms with van der Waals surface area (Å²) in [5, 5.41) is 8.87. The lowest BCUT2D eigenvalue weighted by Crippen LogP contribution is -2.18. The molecule has 108 valence electrons. The Morgan fingerprint density at radius 3 is 2.76 bits per heavy atom. The summed E-state index contributed by atoms with van der Waals surface area (Å²) >= 11 is 0. The molecule has 0 fully saturated rings. The van der Waals surface area contributed by atoms with Crippen LogP contribution < -0.4 is 10.5 Å². The number of benzene rings is 2. The second-order valence-corrected chi connectivity index (χ2v) is 5.01. The maximum Gasteiger partial charge on any atom is 0.165 e. The van der Waals surface area contributed by atoms with Gasteiger partial charge in [0.05, 0.1) is 11.6 Å². The standard InChI is InChI=1S/C17H17FN2O/c1-12(20)8-15-6-3-7-16(18)17(15)21-11-14-5-2-4-13(9-14)10-19/h2-7,9,12H,8,11,20H2,1H3. The molecule has 0 heterocycles. The van der Waals surface area contributed by atoms with E-state index in [1.165, 1.54) is 6.07 Å². The molecule has 1 atom stereocenters. The van der Waals surface area contributed by atoms with Gasteiger partial charge in [-0.3, -0.25) is 0 Å². The lowest BCUT2D eigenvalue weighted by molar-refractivity contribution is 0.286. The summed E-state index contributed by atoms with van der Waals surface area (Å²) in [6, 6.07) is 13.9. The van der Waals surface area contributed by atoms with Gasteiger partial charge in [0.15, 0.2) is 11.6 Å². The van der Waals surface area contributed by atoms with E-state index in [-0.39, 0.29) is 18.4 Å². The summed E-state index contributed by atoms with van der Waals surface area (Å²) in [5.41, 5.74) is 7.90. The highest BCUT2D eigenvalue weighted by atomic mass is 19.1. The molecule has 0 aliphatic heterocycles. The predicted octanol–water partition coefficient (Wildman–Crippen LogP) is 3.17. The molecule has 3 nitrogen and oxygen atoms in total. The first kappa shape index (κ1) is 15.0. The number of nitriles is 1. The third kappa shape index (κ3) is 4.04. The van der Waals surface area contributed by atoms with Gasteiger partial charge < -0.3 is 10.5 Å². The average molecular weight is 284 g/mol. The van der Waals surface area contributed by atoms with Crippen molar-refractivity contribution in [3.8, 4) is 11.8 Å². The minimum atomic E-state index is -0.399. The van der Waals surface area contributed by atoms with Crippen molar-refractivity contribution in [2.45, 2.75) is 26.0 Å². The van der Waals surface area contributed by atoms with Crippen molar-refractivity contribution < 1.29 is 9.13 Å². The molecule has 1 unspecified atom stereocenters. The quantitative estimate of drug-likeness (QED) is 0.917. The van der Waals surface area contributed by atoms with Crippen LogP contribution in [-0.2, 0) is 13.0 Å². The summed E-state index contributed by atoms with van der Waals surface area (Å²) in [6.45, 7) is 2.08. The highest BCUT2D eigenvalue weighted by molar-refractivity contribution is 5.37. The molecule has 0 bridgehead atoms. The van der Waals surface area contributed by atoms with Crippen molar-refractivity contribution in [2.24, 2.45) is 5.73 Å². The first-order valence-electron chi connectivity index (χ1n) is 6.75. The molecule has 0 aromatic heterocycles. The fourth-order valence-corrected chi connectivity index (χ4v) is 2.11. The number of ether oxygens (including phenoxy) is 1. The summed E-state index contributed by atoms with van der Waals surface area (Å²) in [6.07, 6.45) is 0.547. The van der Waals surface area contributed by atoms with Crippen LogP contribution in [0.3, 0.4) is 0 Å².